The van der Waals surface area contributed by atoms with Gasteiger partial charge in [0.15, 0.2) is 0 Å². The topological polar surface area (TPSA) is 74.6 Å². The summed E-state index contributed by atoms with van der Waals surface area (Å²) in [4.78, 5) is 26.3. The molecular formula is C20H24FN3O3. The average Bonchev–Trinajstić information content (AvgIpc) is 3.41. The zero-order valence-electron chi connectivity index (χ0n) is 15.8. The van der Waals surface area contributed by atoms with E-state index in [0.29, 0.717) is 24.3 Å². The zero-order valence-corrected chi connectivity index (χ0v) is 15.8. The third-order valence-corrected chi connectivity index (χ3v) is 5.55. The highest BCUT2D eigenvalue weighted by molar-refractivity contribution is 5.95. The van der Waals surface area contributed by atoms with Crippen LogP contribution in [-0.4, -0.2) is 40.8 Å². The Morgan fingerprint density at radius 3 is 2.44 bits per heavy atom. The minimum atomic E-state index is -1.27. The van der Waals surface area contributed by atoms with Gasteiger partial charge in [0.25, 0.3) is 0 Å². The van der Waals surface area contributed by atoms with Gasteiger partial charge in [-0.2, -0.15) is 0 Å². The first-order valence-electron chi connectivity index (χ1n) is 9.40. The second kappa shape index (κ2) is 6.34. The predicted molar refractivity (Wildman–Crippen MR) is 102 cm³/mol. The molecule has 2 aromatic rings. The fourth-order valence-electron chi connectivity index (χ4n) is 4.21. The Bertz CT molecular complexity index is 986. The van der Waals surface area contributed by atoms with Gasteiger partial charge in [-0.25, -0.2) is 9.18 Å². The molecule has 0 radical (unpaired) electrons. The number of nitrogens with one attached hydrogen (secondary N) is 1. The first-order valence-corrected chi connectivity index (χ1v) is 9.40. The molecule has 2 atom stereocenters. The van der Waals surface area contributed by atoms with Crippen LogP contribution in [0.5, 0.6) is 0 Å². The van der Waals surface area contributed by atoms with Gasteiger partial charge in [0.05, 0.1) is 16.6 Å². The second-order valence-corrected chi connectivity index (χ2v) is 7.92. The number of aromatic nitrogens is 1. The van der Waals surface area contributed by atoms with Crippen molar-refractivity contribution in [2.24, 2.45) is 0 Å². The SMILES string of the molecule is Cc1c(F)c(N2CC(C)N[C@@H](C)C2)cc2c1c(=O)c(C(=O)O)cn2C1CC1. The van der Waals surface area contributed by atoms with Crippen molar-refractivity contribution in [1.29, 1.82) is 0 Å². The number of hydrogen-bond donors (Lipinski definition) is 2. The van der Waals surface area contributed by atoms with Crippen LogP contribution >= 0.6 is 0 Å². The minimum Gasteiger partial charge on any atom is -0.477 e. The second-order valence-electron chi connectivity index (χ2n) is 7.92. The lowest BCUT2D eigenvalue weighted by atomic mass is 10.0. The molecule has 4 rings (SSSR count). The number of benzene rings is 1. The zero-order chi connectivity index (χ0) is 19.5. The molecule has 1 unspecified atom stereocenters. The molecule has 1 aliphatic heterocycles. The Kier molecular flexibility index (Phi) is 4.22. The molecule has 2 heterocycles. The molecular weight excluding hydrogens is 349 g/mol. The quantitative estimate of drug-likeness (QED) is 0.865. The molecule has 1 saturated heterocycles. The van der Waals surface area contributed by atoms with Gasteiger partial charge in [-0.3, -0.25) is 4.79 Å². The van der Waals surface area contributed by atoms with Crippen LogP contribution in [0.25, 0.3) is 10.9 Å². The highest BCUT2D eigenvalue weighted by Crippen LogP contribution is 2.39. The molecule has 0 amide bonds. The Hall–Kier alpha value is -2.41. The third-order valence-electron chi connectivity index (χ3n) is 5.55. The van der Waals surface area contributed by atoms with Gasteiger partial charge in [0.1, 0.15) is 11.4 Å². The van der Waals surface area contributed by atoms with Crippen LogP contribution in [0.15, 0.2) is 17.1 Å². The molecule has 1 saturated carbocycles. The van der Waals surface area contributed by atoms with Crippen molar-refractivity contribution >= 4 is 22.6 Å². The fourth-order valence-corrected chi connectivity index (χ4v) is 4.21. The standard InChI is InChI=1S/C20H24FN3O3/c1-10-7-23(8-11(2)22-10)16-6-15-17(12(3)18(16)21)19(25)14(20(26)27)9-24(15)13-4-5-13/h6,9-11,13,22H,4-5,7-8H2,1-3H3,(H,26,27)/t10-,11?/m0/s1. The fraction of sp³-hybridized carbons (Fsp3) is 0.500. The molecule has 1 aliphatic carbocycles. The largest absolute Gasteiger partial charge is 0.477 e. The van der Waals surface area contributed by atoms with Gasteiger partial charge >= 0.3 is 5.97 Å². The van der Waals surface area contributed by atoms with E-state index in [1.807, 2.05) is 9.47 Å². The number of carboxylic acids is 1. The van der Waals surface area contributed by atoms with Crippen LogP contribution in [0, 0.1) is 12.7 Å². The molecule has 2 fully saturated rings. The van der Waals surface area contributed by atoms with E-state index in [2.05, 4.69) is 19.2 Å². The Morgan fingerprint density at radius 2 is 1.89 bits per heavy atom. The average molecular weight is 373 g/mol. The van der Waals surface area contributed by atoms with E-state index in [-0.39, 0.29) is 34.6 Å². The van der Waals surface area contributed by atoms with E-state index >= 15 is 4.39 Å². The van der Waals surface area contributed by atoms with Gasteiger partial charge in [-0.15, -0.1) is 0 Å². The summed E-state index contributed by atoms with van der Waals surface area (Å²) in [7, 11) is 0. The van der Waals surface area contributed by atoms with Gasteiger partial charge in [0, 0.05) is 43.0 Å². The number of anilines is 1. The van der Waals surface area contributed by atoms with Crippen molar-refractivity contribution in [2.75, 3.05) is 18.0 Å². The van der Waals surface area contributed by atoms with Crippen molar-refractivity contribution in [1.82, 2.24) is 9.88 Å². The monoisotopic (exact) mass is 373 g/mol. The number of pyridine rings is 1. The lowest BCUT2D eigenvalue weighted by Gasteiger charge is -2.38. The highest BCUT2D eigenvalue weighted by atomic mass is 19.1. The minimum absolute atomic E-state index is 0.171. The molecule has 27 heavy (non-hydrogen) atoms. The molecule has 6 nitrogen and oxygen atoms in total. The number of carbonyl (C=O) groups is 1. The molecule has 0 spiro atoms. The van der Waals surface area contributed by atoms with Crippen molar-refractivity contribution in [3.05, 3.63) is 39.4 Å². The summed E-state index contributed by atoms with van der Waals surface area (Å²) in [5.41, 5.74) is 0.426. The maximum absolute atomic E-state index is 15.3. The number of nitrogens with zero attached hydrogens (tertiary/aromatic N) is 2. The number of rotatable bonds is 3. The van der Waals surface area contributed by atoms with Crippen molar-refractivity contribution in [3.63, 3.8) is 0 Å². The van der Waals surface area contributed by atoms with Crippen LogP contribution < -0.4 is 15.6 Å². The summed E-state index contributed by atoms with van der Waals surface area (Å²) >= 11 is 0. The number of halogens is 1. The van der Waals surface area contributed by atoms with Crippen molar-refractivity contribution in [2.45, 2.75) is 51.7 Å². The molecule has 2 aliphatic rings. The number of aromatic carboxylic acids is 1. The van der Waals surface area contributed by atoms with Crippen LogP contribution in [0.4, 0.5) is 10.1 Å². The molecule has 1 aromatic carbocycles. The number of fused-ring (bicyclic) bond motifs is 1. The lowest BCUT2D eigenvalue weighted by molar-refractivity contribution is 0.0695. The van der Waals surface area contributed by atoms with Crippen LogP contribution in [-0.2, 0) is 0 Å². The first-order chi connectivity index (χ1) is 12.8. The van der Waals surface area contributed by atoms with Crippen molar-refractivity contribution in [3.8, 4) is 0 Å². The number of hydrogen-bond acceptors (Lipinski definition) is 4. The number of piperazine rings is 1. The Balaban J connectivity index is 1.97. The summed E-state index contributed by atoms with van der Waals surface area (Å²) in [6.07, 6.45) is 3.30. The van der Waals surface area contributed by atoms with E-state index in [1.165, 1.54) is 6.20 Å². The van der Waals surface area contributed by atoms with E-state index in [9.17, 15) is 14.7 Å². The predicted octanol–water partition coefficient (Wildman–Crippen LogP) is 2.67. The maximum atomic E-state index is 15.3. The van der Waals surface area contributed by atoms with E-state index in [0.717, 1.165) is 12.8 Å². The summed E-state index contributed by atoms with van der Waals surface area (Å²) in [6, 6.07) is 2.35. The normalized spacial score (nSPS) is 23.0. The molecule has 2 N–H and O–H groups in total. The Labute approximate surface area is 156 Å². The lowest BCUT2D eigenvalue weighted by Crippen LogP contribution is -2.54. The molecule has 1 aromatic heterocycles. The van der Waals surface area contributed by atoms with Crippen LogP contribution in [0.2, 0.25) is 0 Å². The Morgan fingerprint density at radius 1 is 1.26 bits per heavy atom. The number of aryl methyl sites for hydroxylation is 1. The summed E-state index contributed by atoms with van der Waals surface area (Å²) in [5, 5.41) is 13.0. The summed E-state index contributed by atoms with van der Waals surface area (Å²) in [5.74, 6) is -1.71. The van der Waals surface area contributed by atoms with Gasteiger partial charge in [-0.05, 0) is 39.7 Å². The molecule has 0 bridgehead atoms. The molecule has 144 valence electrons. The molecule has 7 heteroatoms. The van der Waals surface area contributed by atoms with E-state index in [4.69, 9.17) is 0 Å². The number of carboxylic acid groups (broad SMARTS) is 1. The first kappa shape index (κ1) is 18.0. The van der Waals surface area contributed by atoms with Gasteiger partial charge in [0.2, 0.25) is 5.43 Å². The van der Waals surface area contributed by atoms with Gasteiger partial charge in [-0.1, -0.05) is 0 Å². The smallest absolute Gasteiger partial charge is 0.341 e. The van der Waals surface area contributed by atoms with Crippen molar-refractivity contribution < 1.29 is 14.3 Å². The summed E-state index contributed by atoms with van der Waals surface area (Å²) in [6.45, 7) is 7.04. The van der Waals surface area contributed by atoms with Crippen LogP contribution in [0.1, 0.15) is 48.7 Å². The van der Waals surface area contributed by atoms with Crippen LogP contribution in [0.3, 0.4) is 0 Å². The van der Waals surface area contributed by atoms with E-state index < -0.39 is 17.2 Å². The highest BCUT2D eigenvalue weighted by Gasteiger charge is 2.30. The van der Waals surface area contributed by atoms with E-state index in [1.54, 1.807) is 13.0 Å². The summed E-state index contributed by atoms with van der Waals surface area (Å²) < 4.78 is 17.1. The third kappa shape index (κ3) is 3.00. The maximum Gasteiger partial charge on any atom is 0.341 e. The van der Waals surface area contributed by atoms with Gasteiger partial charge < -0.3 is 19.9 Å².